The van der Waals surface area contributed by atoms with Crippen LogP contribution in [0, 0.1) is 6.92 Å². The first-order valence-corrected chi connectivity index (χ1v) is 6.96. The molecule has 0 spiro atoms. The van der Waals surface area contributed by atoms with E-state index in [1.54, 1.807) is 23.0 Å². The molecule has 0 aromatic carbocycles. The number of rotatable bonds is 2. The summed E-state index contributed by atoms with van der Waals surface area (Å²) in [6.45, 7) is 1.89. The molecule has 4 atom stereocenters. The van der Waals surface area contributed by atoms with Gasteiger partial charge in [0.05, 0.1) is 11.4 Å². The molecule has 8 heteroatoms. The van der Waals surface area contributed by atoms with Crippen LogP contribution in [0.3, 0.4) is 0 Å². The van der Waals surface area contributed by atoms with Crippen molar-refractivity contribution in [3.05, 3.63) is 42.2 Å². The third-order valence-electron chi connectivity index (χ3n) is 4.05. The van der Waals surface area contributed by atoms with Crippen LogP contribution < -0.4 is 0 Å². The number of aromatic amines is 1. The van der Waals surface area contributed by atoms with Crippen LogP contribution in [-0.2, 0) is 4.74 Å². The zero-order valence-electron chi connectivity index (χ0n) is 11.8. The Labute approximate surface area is 125 Å². The molecule has 1 fully saturated rings. The third kappa shape index (κ3) is 1.85. The van der Waals surface area contributed by atoms with Gasteiger partial charge in [0.25, 0.3) is 0 Å². The number of fused-ring (bicyclic) bond motifs is 1. The molecule has 1 aliphatic rings. The Morgan fingerprint density at radius 2 is 2.09 bits per heavy atom. The van der Waals surface area contributed by atoms with Crippen molar-refractivity contribution in [2.75, 3.05) is 0 Å². The smallest absolute Gasteiger partial charge is 0.164 e. The number of aromatic nitrogens is 5. The van der Waals surface area contributed by atoms with Gasteiger partial charge in [-0.15, -0.1) is 0 Å². The van der Waals surface area contributed by atoms with E-state index in [0.717, 1.165) is 11.1 Å². The summed E-state index contributed by atoms with van der Waals surface area (Å²) in [5.74, 6) is 0. The first-order chi connectivity index (χ1) is 10.7. The summed E-state index contributed by atoms with van der Waals surface area (Å²) >= 11 is 0. The minimum atomic E-state index is -1.07. The van der Waals surface area contributed by atoms with Gasteiger partial charge in [0.1, 0.15) is 30.3 Å². The number of nitrogens with one attached hydrogen (secondary N) is 1. The van der Waals surface area contributed by atoms with Gasteiger partial charge in [0, 0.05) is 17.8 Å². The van der Waals surface area contributed by atoms with Crippen molar-refractivity contribution in [3.8, 4) is 0 Å². The molecule has 0 radical (unpaired) electrons. The number of ether oxygens (including phenoxy) is 1. The van der Waals surface area contributed by atoms with E-state index in [9.17, 15) is 10.2 Å². The van der Waals surface area contributed by atoms with Crippen LogP contribution in [0.2, 0.25) is 0 Å². The number of H-pyrrole nitrogens is 1. The SMILES string of the molecule is Cc1ncnc2c1ccn2C1OC(c2ccn[nH]2)C(O)C1O. The lowest BCUT2D eigenvalue weighted by molar-refractivity contribution is -0.0367. The van der Waals surface area contributed by atoms with Crippen molar-refractivity contribution in [2.45, 2.75) is 31.5 Å². The molecule has 0 amide bonds. The van der Waals surface area contributed by atoms with Crippen molar-refractivity contribution >= 4 is 11.0 Å². The minimum absolute atomic E-state index is 0.622. The monoisotopic (exact) mass is 301 g/mol. The van der Waals surface area contributed by atoms with Gasteiger partial charge >= 0.3 is 0 Å². The molecule has 8 nitrogen and oxygen atoms in total. The second-order valence-corrected chi connectivity index (χ2v) is 5.36. The minimum Gasteiger partial charge on any atom is -0.387 e. The highest BCUT2D eigenvalue weighted by Crippen LogP contribution is 2.39. The van der Waals surface area contributed by atoms with Crippen LogP contribution in [-0.4, -0.2) is 47.2 Å². The third-order valence-corrected chi connectivity index (χ3v) is 4.05. The lowest BCUT2D eigenvalue weighted by Gasteiger charge is -2.17. The van der Waals surface area contributed by atoms with Crippen LogP contribution in [0.5, 0.6) is 0 Å². The molecular weight excluding hydrogens is 286 g/mol. The maximum Gasteiger partial charge on any atom is 0.164 e. The zero-order valence-corrected chi connectivity index (χ0v) is 11.8. The first kappa shape index (κ1) is 13.4. The second-order valence-electron chi connectivity index (χ2n) is 5.36. The summed E-state index contributed by atoms with van der Waals surface area (Å²) in [7, 11) is 0. The summed E-state index contributed by atoms with van der Waals surface area (Å²) in [5.41, 5.74) is 2.13. The van der Waals surface area contributed by atoms with E-state index in [2.05, 4.69) is 20.2 Å². The highest BCUT2D eigenvalue weighted by molar-refractivity contribution is 5.78. The summed E-state index contributed by atoms with van der Waals surface area (Å²) in [5, 5.41) is 28.1. The van der Waals surface area contributed by atoms with E-state index in [-0.39, 0.29) is 0 Å². The van der Waals surface area contributed by atoms with Crippen molar-refractivity contribution in [1.29, 1.82) is 0 Å². The lowest BCUT2D eigenvalue weighted by atomic mass is 10.1. The summed E-state index contributed by atoms with van der Waals surface area (Å²) < 4.78 is 7.57. The fraction of sp³-hybridized carbons (Fsp3) is 0.357. The highest BCUT2D eigenvalue weighted by atomic mass is 16.6. The van der Waals surface area contributed by atoms with Gasteiger partial charge in [-0.2, -0.15) is 5.10 Å². The molecule has 114 valence electrons. The van der Waals surface area contributed by atoms with Crippen molar-refractivity contribution in [1.82, 2.24) is 24.7 Å². The van der Waals surface area contributed by atoms with E-state index < -0.39 is 24.5 Å². The zero-order chi connectivity index (χ0) is 15.3. The Balaban J connectivity index is 1.74. The molecule has 4 rings (SSSR count). The van der Waals surface area contributed by atoms with E-state index in [1.165, 1.54) is 6.33 Å². The van der Waals surface area contributed by atoms with Gasteiger partial charge in [-0.25, -0.2) is 9.97 Å². The number of nitrogens with zero attached hydrogens (tertiary/aromatic N) is 4. The van der Waals surface area contributed by atoms with Gasteiger partial charge in [0.15, 0.2) is 6.23 Å². The molecule has 0 bridgehead atoms. The van der Waals surface area contributed by atoms with E-state index in [1.807, 2.05) is 13.0 Å². The Morgan fingerprint density at radius 3 is 2.86 bits per heavy atom. The standard InChI is InChI=1S/C14H15N5O3/c1-7-8-3-5-19(13(8)16-6-15-7)14-11(21)10(20)12(22-14)9-2-4-17-18-9/h2-6,10-12,14,20-21H,1H3,(H,17,18). The molecule has 3 aromatic heterocycles. The molecule has 4 heterocycles. The molecule has 3 aromatic rings. The van der Waals surface area contributed by atoms with Gasteiger partial charge in [-0.1, -0.05) is 0 Å². The van der Waals surface area contributed by atoms with E-state index >= 15 is 0 Å². The van der Waals surface area contributed by atoms with Gasteiger partial charge in [-0.3, -0.25) is 5.10 Å². The number of aliphatic hydroxyl groups is 2. The molecule has 0 aliphatic carbocycles. The first-order valence-electron chi connectivity index (χ1n) is 6.96. The largest absolute Gasteiger partial charge is 0.387 e. The topological polar surface area (TPSA) is 109 Å². The van der Waals surface area contributed by atoms with E-state index in [4.69, 9.17) is 4.74 Å². The molecule has 4 unspecified atom stereocenters. The van der Waals surface area contributed by atoms with Crippen LogP contribution in [0.1, 0.15) is 23.7 Å². The van der Waals surface area contributed by atoms with Gasteiger partial charge in [-0.05, 0) is 19.1 Å². The fourth-order valence-electron chi connectivity index (χ4n) is 2.87. The summed E-state index contributed by atoms with van der Waals surface area (Å²) in [6.07, 6.45) is 1.32. The average molecular weight is 301 g/mol. The molecule has 3 N–H and O–H groups in total. The number of aryl methyl sites for hydroxylation is 1. The van der Waals surface area contributed by atoms with Crippen LogP contribution >= 0.6 is 0 Å². The normalized spacial score (nSPS) is 28.5. The van der Waals surface area contributed by atoms with Crippen molar-refractivity contribution < 1.29 is 14.9 Å². The summed E-state index contributed by atoms with van der Waals surface area (Å²) in [6, 6.07) is 3.58. The van der Waals surface area contributed by atoms with Crippen LogP contribution in [0.25, 0.3) is 11.0 Å². The average Bonchev–Trinajstić information content (AvgIpc) is 3.21. The molecule has 1 saturated heterocycles. The predicted molar refractivity (Wildman–Crippen MR) is 75.7 cm³/mol. The lowest BCUT2D eigenvalue weighted by Crippen LogP contribution is -2.29. The number of aliphatic hydroxyl groups excluding tert-OH is 2. The molecule has 0 saturated carbocycles. The molecule has 22 heavy (non-hydrogen) atoms. The maximum absolute atomic E-state index is 10.4. The Morgan fingerprint density at radius 1 is 1.23 bits per heavy atom. The quantitative estimate of drug-likeness (QED) is 0.634. The fourth-order valence-corrected chi connectivity index (χ4v) is 2.87. The number of hydrogen-bond donors (Lipinski definition) is 3. The van der Waals surface area contributed by atoms with Crippen LogP contribution in [0.15, 0.2) is 30.9 Å². The Hall–Kier alpha value is -2.29. The Kier molecular flexibility index (Phi) is 2.96. The number of hydrogen-bond acceptors (Lipinski definition) is 6. The predicted octanol–water partition coefficient (Wildman–Crippen LogP) is 0.455. The second kappa shape index (κ2) is 4.87. The van der Waals surface area contributed by atoms with Crippen LogP contribution in [0.4, 0.5) is 0 Å². The van der Waals surface area contributed by atoms with Crippen molar-refractivity contribution in [3.63, 3.8) is 0 Å². The molecule has 1 aliphatic heterocycles. The van der Waals surface area contributed by atoms with Gasteiger partial charge in [0.2, 0.25) is 0 Å². The van der Waals surface area contributed by atoms with Crippen molar-refractivity contribution in [2.24, 2.45) is 0 Å². The van der Waals surface area contributed by atoms with Gasteiger partial charge < -0.3 is 19.5 Å². The summed E-state index contributed by atoms with van der Waals surface area (Å²) in [4.78, 5) is 8.40. The van der Waals surface area contributed by atoms with E-state index in [0.29, 0.717) is 11.3 Å². The maximum atomic E-state index is 10.4. The highest BCUT2D eigenvalue weighted by Gasteiger charge is 2.45. The molecular formula is C14H15N5O3. The Bertz CT molecular complexity index is 800.